The Hall–Kier alpha value is -2.24. The lowest BCUT2D eigenvalue weighted by atomic mass is 10.2. The first-order chi connectivity index (χ1) is 9.93. The van der Waals surface area contributed by atoms with Gasteiger partial charge in [0.2, 0.25) is 5.91 Å². The molecule has 0 heterocycles. The summed E-state index contributed by atoms with van der Waals surface area (Å²) < 4.78 is 5.09. The molecule has 0 atom stereocenters. The number of hydrogen-bond acceptors (Lipinski definition) is 3. The third kappa shape index (κ3) is 5.72. The van der Waals surface area contributed by atoms with Gasteiger partial charge in [0.05, 0.1) is 7.11 Å². The molecular formula is C15H24N4O2. The summed E-state index contributed by atoms with van der Waals surface area (Å²) in [6.45, 7) is 0.597. The van der Waals surface area contributed by atoms with Crippen molar-refractivity contribution in [1.29, 1.82) is 0 Å². The van der Waals surface area contributed by atoms with Crippen molar-refractivity contribution in [2.75, 3.05) is 41.8 Å². The first kappa shape index (κ1) is 16.8. The van der Waals surface area contributed by atoms with Gasteiger partial charge in [0.1, 0.15) is 12.3 Å². The van der Waals surface area contributed by atoms with Crippen molar-refractivity contribution in [3.05, 3.63) is 29.8 Å². The first-order valence-electron chi connectivity index (χ1n) is 6.72. The number of nitrogens with one attached hydrogen (secondary N) is 1. The van der Waals surface area contributed by atoms with E-state index in [1.165, 1.54) is 0 Å². The second-order valence-corrected chi connectivity index (χ2v) is 5.03. The Labute approximate surface area is 126 Å². The number of methoxy groups -OCH3 is 1. The van der Waals surface area contributed by atoms with Crippen LogP contribution in [0.2, 0.25) is 0 Å². The third-order valence-electron chi connectivity index (χ3n) is 2.81. The number of amides is 1. The standard InChI is InChI=1S/C15H24N4O2/c1-18(2)15(19(3)4)17-11-14(20)16-10-12-6-8-13(21-5)9-7-12/h6-9H,10-11H2,1-5H3,(H,16,20). The molecule has 6 heteroatoms. The minimum atomic E-state index is -0.105. The van der Waals surface area contributed by atoms with E-state index in [4.69, 9.17) is 4.74 Å². The molecule has 0 saturated carbocycles. The van der Waals surface area contributed by atoms with Crippen LogP contribution in [0.4, 0.5) is 0 Å². The van der Waals surface area contributed by atoms with Crippen LogP contribution in [0.5, 0.6) is 5.75 Å². The summed E-state index contributed by atoms with van der Waals surface area (Å²) in [6, 6.07) is 7.59. The van der Waals surface area contributed by atoms with Gasteiger partial charge in [-0.25, -0.2) is 4.99 Å². The largest absolute Gasteiger partial charge is 0.497 e. The Bertz CT molecular complexity index is 471. The molecule has 1 amide bonds. The van der Waals surface area contributed by atoms with Gasteiger partial charge in [0, 0.05) is 34.7 Å². The first-order valence-corrected chi connectivity index (χ1v) is 6.72. The van der Waals surface area contributed by atoms with Gasteiger partial charge in [0.15, 0.2) is 5.96 Å². The third-order valence-corrected chi connectivity index (χ3v) is 2.81. The summed E-state index contributed by atoms with van der Waals surface area (Å²) in [5.41, 5.74) is 1.02. The highest BCUT2D eigenvalue weighted by Gasteiger charge is 2.06. The predicted octanol–water partition coefficient (Wildman–Crippen LogP) is 0.791. The zero-order chi connectivity index (χ0) is 15.8. The van der Waals surface area contributed by atoms with Crippen LogP contribution in [0.1, 0.15) is 5.56 Å². The van der Waals surface area contributed by atoms with Crippen molar-refractivity contribution < 1.29 is 9.53 Å². The van der Waals surface area contributed by atoms with E-state index in [0.29, 0.717) is 6.54 Å². The van der Waals surface area contributed by atoms with Gasteiger partial charge in [-0.1, -0.05) is 12.1 Å². The summed E-state index contributed by atoms with van der Waals surface area (Å²) in [6.07, 6.45) is 0. The molecule has 0 bridgehead atoms. The van der Waals surface area contributed by atoms with E-state index in [2.05, 4.69) is 10.3 Å². The Morgan fingerprint density at radius 2 is 1.71 bits per heavy atom. The Kier molecular flexibility index (Phi) is 6.52. The maximum Gasteiger partial charge on any atom is 0.242 e. The van der Waals surface area contributed by atoms with Gasteiger partial charge in [-0.15, -0.1) is 0 Å². The Morgan fingerprint density at radius 1 is 1.14 bits per heavy atom. The van der Waals surface area contributed by atoms with Crippen LogP contribution in [0.15, 0.2) is 29.3 Å². The number of nitrogens with zero attached hydrogens (tertiary/aromatic N) is 3. The molecule has 21 heavy (non-hydrogen) atoms. The van der Waals surface area contributed by atoms with E-state index in [1.807, 2.05) is 62.3 Å². The molecule has 1 rings (SSSR count). The quantitative estimate of drug-likeness (QED) is 0.644. The molecule has 1 aromatic rings. The minimum absolute atomic E-state index is 0.105. The second-order valence-electron chi connectivity index (χ2n) is 5.03. The molecular weight excluding hydrogens is 268 g/mol. The van der Waals surface area contributed by atoms with Gasteiger partial charge < -0.3 is 19.9 Å². The van der Waals surface area contributed by atoms with Gasteiger partial charge in [-0.05, 0) is 17.7 Å². The van der Waals surface area contributed by atoms with Crippen LogP contribution in [0.3, 0.4) is 0 Å². The summed E-state index contributed by atoms with van der Waals surface area (Å²) in [7, 11) is 9.21. The van der Waals surface area contributed by atoms with Crippen molar-refractivity contribution in [2.24, 2.45) is 4.99 Å². The second kappa shape index (κ2) is 8.14. The molecule has 6 nitrogen and oxygen atoms in total. The van der Waals surface area contributed by atoms with Crippen LogP contribution in [-0.4, -0.2) is 63.5 Å². The highest BCUT2D eigenvalue weighted by atomic mass is 16.5. The number of carbonyl (C=O) groups excluding carboxylic acids is 1. The average molecular weight is 292 g/mol. The molecule has 0 spiro atoms. The van der Waals surface area contributed by atoms with Crippen molar-refractivity contribution in [3.63, 3.8) is 0 Å². The molecule has 0 saturated heterocycles. The number of hydrogen-bond donors (Lipinski definition) is 1. The zero-order valence-corrected chi connectivity index (χ0v) is 13.4. The molecule has 0 aliphatic rings. The van der Waals surface area contributed by atoms with E-state index in [0.717, 1.165) is 17.3 Å². The van der Waals surface area contributed by atoms with Crippen LogP contribution in [0, 0.1) is 0 Å². The van der Waals surface area contributed by atoms with Crippen LogP contribution < -0.4 is 10.1 Å². The topological polar surface area (TPSA) is 57.2 Å². The molecule has 0 aliphatic heterocycles. The summed E-state index contributed by atoms with van der Waals surface area (Å²) >= 11 is 0. The van der Waals surface area contributed by atoms with E-state index < -0.39 is 0 Å². The number of carbonyl (C=O) groups is 1. The molecule has 0 radical (unpaired) electrons. The van der Waals surface area contributed by atoms with Crippen molar-refractivity contribution in [1.82, 2.24) is 15.1 Å². The maximum absolute atomic E-state index is 11.8. The number of guanidine groups is 1. The fraction of sp³-hybridized carbons (Fsp3) is 0.467. The maximum atomic E-state index is 11.8. The van der Waals surface area contributed by atoms with Crippen LogP contribution in [0.25, 0.3) is 0 Å². The lowest BCUT2D eigenvalue weighted by molar-refractivity contribution is -0.119. The van der Waals surface area contributed by atoms with Crippen molar-refractivity contribution >= 4 is 11.9 Å². The number of aliphatic imine (C=N–C) groups is 1. The average Bonchev–Trinajstić information content (AvgIpc) is 2.45. The Morgan fingerprint density at radius 3 is 2.19 bits per heavy atom. The van der Waals surface area contributed by atoms with Gasteiger partial charge in [0.25, 0.3) is 0 Å². The number of ether oxygens (including phenoxy) is 1. The normalized spacial score (nSPS) is 9.76. The zero-order valence-electron chi connectivity index (χ0n) is 13.4. The van der Waals surface area contributed by atoms with E-state index >= 15 is 0 Å². The summed E-state index contributed by atoms with van der Waals surface area (Å²) in [5, 5.41) is 2.85. The van der Waals surface area contributed by atoms with Crippen molar-refractivity contribution in [2.45, 2.75) is 6.54 Å². The molecule has 1 aromatic carbocycles. The van der Waals surface area contributed by atoms with Crippen LogP contribution in [-0.2, 0) is 11.3 Å². The minimum Gasteiger partial charge on any atom is -0.497 e. The lowest BCUT2D eigenvalue weighted by Crippen LogP contribution is -2.36. The fourth-order valence-electron chi connectivity index (χ4n) is 1.83. The highest BCUT2D eigenvalue weighted by molar-refractivity contribution is 5.84. The fourth-order valence-corrected chi connectivity index (χ4v) is 1.83. The molecule has 1 N–H and O–H groups in total. The number of rotatable bonds is 5. The Balaban J connectivity index is 2.48. The molecule has 116 valence electrons. The van der Waals surface area contributed by atoms with E-state index in [-0.39, 0.29) is 12.5 Å². The van der Waals surface area contributed by atoms with Gasteiger partial charge in [-0.3, -0.25) is 4.79 Å². The van der Waals surface area contributed by atoms with E-state index in [1.54, 1.807) is 7.11 Å². The summed E-state index contributed by atoms with van der Waals surface area (Å²) in [5.74, 6) is 1.46. The predicted molar refractivity (Wildman–Crippen MR) is 84.5 cm³/mol. The van der Waals surface area contributed by atoms with E-state index in [9.17, 15) is 4.79 Å². The highest BCUT2D eigenvalue weighted by Crippen LogP contribution is 2.10. The smallest absolute Gasteiger partial charge is 0.242 e. The van der Waals surface area contributed by atoms with Crippen molar-refractivity contribution in [3.8, 4) is 5.75 Å². The SMILES string of the molecule is COc1ccc(CNC(=O)CN=C(N(C)C)N(C)C)cc1. The van der Waals surface area contributed by atoms with Crippen LogP contribution >= 0.6 is 0 Å². The molecule has 0 fully saturated rings. The molecule has 0 aromatic heterocycles. The molecule has 0 unspecified atom stereocenters. The van der Waals surface area contributed by atoms with Gasteiger partial charge in [-0.2, -0.15) is 0 Å². The molecule has 0 aliphatic carbocycles. The lowest BCUT2D eigenvalue weighted by Gasteiger charge is -2.22. The van der Waals surface area contributed by atoms with Gasteiger partial charge >= 0.3 is 0 Å². The number of benzene rings is 1. The summed E-state index contributed by atoms with van der Waals surface area (Å²) in [4.78, 5) is 19.9. The monoisotopic (exact) mass is 292 g/mol.